The van der Waals surface area contributed by atoms with Gasteiger partial charge in [-0.05, 0) is 32.0 Å². The van der Waals surface area contributed by atoms with Crippen molar-refractivity contribution in [3.63, 3.8) is 0 Å². The largest absolute Gasteiger partial charge is 0.484 e. The third-order valence-corrected chi connectivity index (χ3v) is 4.82. The second-order valence-corrected chi connectivity index (χ2v) is 7.53. The molecule has 1 aliphatic heterocycles. The number of hydrogen-bond donors (Lipinski definition) is 0. The Morgan fingerprint density at radius 3 is 2.67 bits per heavy atom. The first-order chi connectivity index (χ1) is 8.25. The standard InChI is InChI=1S/C13H19NO3S/c1-5-18(15,16)10-6-7-12-11(8-10)14(4)9-13(2,3)17-12/h6-8H,5,9H2,1-4H3. The van der Waals surface area contributed by atoms with Gasteiger partial charge in [0.15, 0.2) is 9.84 Å². The fourth-order valence-electron chi connectivity index (χ4n) is 2.23. The van der Waals surface area contributed by atoms with Crippen molar-refractivity contribution in [1.82, 2.24) is 0 Å². The van der Waals surface area contributed by atoms with E-state index in [1.807, 2.05) is 25.8 Å². The highest BCUT2D eigenvalue weighted by atomic mass is 32.2. The van der Waals surface area contributed by atoms with Gasteiger partial charge in [-0.25, -0.2) is 8.42 Å². The van der Waals surface area contributed by atoms with Gasteiger partial charge in [0.05, 0.1) is 22.9 Å². The van der Waals surface area contributed by atoms with E-state index in [9.17, 15) is 8.42 Å². The van der Waals surface area contributed by atoms with E-state index in [1.165, 1.54) is 0 Å². The van der Waals surface area contributed by atoms with Crippen molar-refractivity contribution in [2.45, 2.75) is 31.3 Å². The van der Waals surface area contributed by atoms with Crippen molar-refractivity contribution < 1.29 is 13.2 Å². The molecule has 4 nitrogen and oxygen atoms in total. The molecule has 2 rings (SSSR count). The van der Waals surface area contributed by atoms with Gasteiger partial charge in [-0.1, -0.05) is 6.92 Å². The SMILES string of the molecule is CCS(=O)(=O)c1ccc2c(c1)N(C)CC(C)(C)O2. The van der Waals surface area contributed by atoms with E-state index in [4.69, 9.17) is 4.74 Å². The summed E-state index contributed by atoms with van der Waals surface area (Å²) in [4.78, 5) is 2.40. The van der Waals surface area contributed by atoms with Crippen molar-refractivity contribution in [2.24, 2.45) is 0 Å². The number of benzene rings is 1. The average Bonchev–Trinajstić information content (AvgIpc) is 2.27. The highest BCUT2D eigenvalue weighted by molar-refractivity contribution is 7.91. The Morgan fingerprint density at radius 1 is 1.39 bits per heavy atom. The minimum absolute atomic E-state index is 0.113. The van der Waals surface area contributed by atoms with Crippen LogP contribution in [-0.2, 0) is 9.84 Å². The van der Waals surface area contributed by atoms with Crippen molar-refractivity contribution in [3.05, 3.63) is 18.2 Å². The van der Waals surface area contributed by atoms with Crippen LogP contribution in [-0.4, -0.2) is 33.4 Å². The van der Waals surface area contributed by atoms with Crippen molar-refractivity contribution in [2.75, 3.05) is 24.2 Å². The van der Waals surface area contributed by atoms with E-state index in [-0.39, 0.29) is 11.4 Å². The maximum Gasteiger partial charge on any atom is 0.178 e. The van der Waals surface area contributed by atoms with Crippen LogP contribution < -0.4 is 9.64 Å². The Balaban J connectivity index is 2.49. The third kappa shape index (κ3) is 2.32. The molecule has 0 spiro atoms. The van der Waals surface area contributed by atoms with Crippen molar-refractivity contribution >= 4 is 15.5 Å². The highest BCUT2D eigenvalue weighted by Crippen LogP contribution is 2.37. The number of anilines is 1. The fourth-order valence-corrected chi connectivity index (χ4v) is 3.13. The number of hydrogen-bond acceptors (Lipinski definition) is 4. The number of sulfone groups is 1. The zero-order valence-corrected chi connectivity index (χ0v) is 12.0. The first-order valence-electron chi connectivity index (χ1n) is 6.02. The van der Waals surface area contributed by atoms with Gasteiger partial charge in [0, 0.05) is 7.05 Å². The number of fused-ring (bicyclic) bond motifs is 1. The molecule has 0 unspecified atom stereocenters. The van der Waals surface area contributed by atoms with Crippen LogP contribution in [0.4, 0.5) is 5.69 Å². The molecule has 18 heavy (non-hydrogen) atoms. The van der Waals surface area contributed by atoms with Crippen LogP contribution in [0.2, 0.25) is 0 Å². The van der Waals surface area contributed by atoms with Gasteiger partial charge in [-0.15, -0.1) is 0 Å². The molecule has 0 saturated heterocycles. The maximum atomic E-state index is 11.9. The third-order valence-electron chi connectivity index (χ3n) is 3.09. The summed E-state index contributed by atoms with van der Waals surface area (Å²) in [6.45, 7) is 6.42. The number of nitrogens with zero attached hydrogens (tertiary/aromatic N) is 1. The summed E-state index contributed by atoms with van der Waals surface area (Å²) >= 11 is 0. The molecule has 0 radical (unpaired) electrons. The van der Waals surface area contributed by atoms with Gasteiger partial charge in [0.25, 0.3) is 0 Å². The summed E-state index contributed by atoms with van der Waals surface area (Å²) in [5.41, 5.74) is 0.580. The van der Waals surface area contributed by atoms with E-state index in [1.54, 1.807) is 25.1 Å². The summed E-state index contributed by atoms with van der Waals surface area (Å²) in [5, 5.41) is 0. The van der Waals surface area contributed by atoms with Gasteiger partial charge in [-0.3, -0.25) is 0 Å². The average molecular weight is 269 g/mol. The van der Waals surface area contributed by atoms with Crippen LogP contribution in [0.25, 0.3) is 0 Å². The molecular weight excluding hydrogens is 250 g/mol. The molecule has 0 N–H and O–H groups in total. The van der Waals surface area contributed by atoms with Crippen LogP contribution in [0.1, 0.15) is 20.8 Å². The molecular formula is C13H19NO3S. The lowest BCUT2D eigenvalue weighted by Gasteiger charge is -2.39. The molecule has 0 saturated carbocycles. The summed E-state index contributed by atoms with van der Waals surface area (Å²) in [6.07, 6.45) is 0. The van der Waals surface area contributed by atoms with Gasteiger partial charge < -0.3 is 9.64 Å². The lowest BCUT2D eigenvalue weighted by Crippen LogP contribution is -2.45. The highest BCUT2D eigenvalue weighted by Gasteiger charge is 2.30. The normalized spacial score (nSPS) is 18.1. The molecule has 1 aromatic carbocycles. The monoisotopic (exact) mass is 269 g/mol. The van der Waals surface area contributed by atoms with Crippen molar-refractivity contribution in [3.8, 4) is 5.75 Å². The van der Waals surface area contributed by atoms with E-state index >= 15 is 0 Å². The van der Waals surface area contributed by atoms with Gasteiger partial charge in [0.2, 0.25) is 0 Å². The zero-order chi connectivity index (χ0) is 13.6. The molecule has 0 aliphatic carbocycles. The summed E-state index contributed by atoms with van der Waals surface area (Å²) in [7, 11) is -1.22. The van der Waals surface area contributed by atoms with Gasteiger partial charge in [-0.2, -0.15) is 0 Å². The molecule has 0 atom stereocenters. The minimum atomic E-state index is -3.17. The predicted molar refractivity (Wildman–Crippen MR) is 72.1 cm³/mol. The Kier molecular flexibility index (Phi) is 3.05. The second-order valence-electron chi connectivity index (χ2n) is 5.25. The van der Waals surface area contributed by atoms with Crippen molar-refractivity contribution in [1.29, 1.82) is 0 Å². The van der Waals surface area contributed by atoms with Gasteiger partial charge in [0.1, 0.15) is 11.4 Å². The predicted octanol–water partition coefficient (Wildman–Crippen LogP) is 2.09. The number of rotatable bonds is 2. The number of likely N-dealkylation sites (N-methyl/N-ethyl adjacent to an activating group) is 1. The lowest BCUT2D eigenvalue weighted by molar-refractivity contribution is 0.107. The van der Waals surface area contributed by atoms with Crippen LogP contribution in [0.3, 0.4) is 0 Å². The number of ether oxygens (including phenoxy) is 1. The smallest absolute Gasteiger partial charge is 0.178 e. The zero-order valence-electron chi connectivity index (χ0n) is 11.2. The molecule has 0 bridgehead atoms. The molecule has 1 heterocycles. The molecule has 5 heteroatoms. The topological polar surface area (TPSA) is 46.6 Å². The van der Waals surface area contributed by atoms with E-state index in [0.29, 0.717) is 4.90 Å². The molecule has 0 fully saturated rings. The van der Waals surface area contributed by atoms with E-state index < -0.39 is 9.84 Å². The Labute approximate surface area is 108 Å². The Morgan fingerprint density at radius 2 is 2.06 bits per heavy atom. The first-order valence-corrected chi connectivity index (χ1v) is 7.67. The van der Waals surface area contributed by atoms with E-state index in [0.717, 1.165) is 18.0 Å². The summed E-state index contributed by atoms with van der Waals surface area (Å²) in [5.74, 6) is 0.853. The first kappa shape index (κ1) is 13.2. The lowest BCUT2D eigenvalue weighted by atomic mass is 10.1. The Hall–Kier alpha value is -1.23. The minimum Gasteiger partial charge on any atom is -0.484 e. The van der Waals surface area contributed by atoms with Crippen LogP contribution >= 0.6 is 0 Å². The Bertz CT molecular complexity index is 564. The maximum absolute atomic E-state index is 11.9. The molecule has 0 amide bonds. The molecule has 0 aromatic heterocycles. The van der Waals surface area contributed by atoms with E-state index in [2.05, 4.69) is 0 Å². The molecule has 100 valence electrons. The quantitative estimate of drug-likeness (QED) is 0.825. The fraction of sp³-hybridized carbons (Fsp3) is 0.538. The van der Waals surface area contributed by atoms with Crippen LogP contribution in [0.15, 0.2) is 23.1 Å². The van der Waals surface area contributed by atoms with Crippen LogP contribution in [0.5, 0.6) is 5.75 Å². The van der Waals surface area contributed by atoms with Gasteiger partial charge >= 0.3 is 0 Å². The molecule has 1 aliphatic rings. The second kappa shape index (κ2) is 4.16. The van der Waals surface area contributed by atoms with Crippen LogP contribution in [0, 0.1) is 0 Å². The summed E-state index contributed by atoms with van der Waals surface area (Å²) < 4.78 is 29.6. The molecule has 1 aromatic rings. The summed E-state index contributed by atoms with van der Waals surface area (Å²) in [6, 6.07) is 5.06.